The van der Waals surface area contributed by atoms with Crippen molar-refractivity contribution in [3.8, 4) is 0 Å². The third-order valence-electron chi connectivity index (χ3n) is 4.94. The van der Waals surface area contributed by atoms with Crippen molar-refractivity contribution in [1.82, 2.24) is 4.90 Å². The molecule has 3 heterocycles. The van der Waals surface area contributed by atoms with E-state index in [4.69, 9.17) is 4.74 Å². The Morgan fingerprint density at radius 1 is 1.33 bits per heavy atom. The molecule has 2 unspecified atom stereocenters. The van der Waals surface area contributed by atoms with Crippen molar-refractivity contribution in [2.45, 2.75) is 37.8 Å². The molecule has 0 radical (unpaired) electrons. The van der Waals surface area contributed by atoms with Crippen LogP contribution in [0, 0.1) is 0 Å². The zero-order valence-corrected chi connectivity index (χ0v) is 12.2. The van der Waals surface area contributed by atoms with Crippen LogP contribution in [0.5, 0.6) is 0 Å². The minimum atomic E-state index is -0.584. The van der Waals surface area contributed by atoms with Crippen LogP contribution in [-0.4, -0.2) is 42.0 Å². The van der Waals surface area contributed by atoms with Gasteiger partial charge in [-0.25, -0.2) is 0 Å². The molecule has 0 spiro atoms. The molecule has 110 valence electrons. The van der Waals surface area contributed by atoms with Gasteiger partial charge >= 0.3 is 0 Å². The number of benzene rings is 1. The molecule has 2 saturated heterocycles. The molecule has 0 saturated carbocycles. The second kappa shape index (κ2) is 4.07. The van der Waals surface area contributed by atoms with Crippen LogP contribution >= 0.6 is 0 Å². The average Bonchev–Trinajstić information content (AvgIpc) is 2.69. The van der Waals surface area contributed by atoms with Crippen molar-refractivity contribution < 1.29 is 14.3 Å². The van der Waals surface area contributed by atoms with Gasteiger partial charge in [-0.2, -0.15) is 0 Å². The van der Waals surface area contributed by atoms with Crippen LogP contribution in [0.25, 0.3) is 0 Å². The van der Waals surface area contributed by atoms with Gasteiger partial charge in [0, 0.05) is 11.3 Å². The summed E-state index contributed by atoms with van der Waals surface area (Å²) in [5.41, 5.74) is 1.79. The van der Waals surface area contributed by atoms with E-state index in [2.05, 4.69) is 5.32 Å². The maximum absolute atomic E-state index is 12.7. The van der Waals surface area contributed by atoms with Crippen LogP contribution in [-0.2, 0) is 14.9 Å². The second-order valence-corrected chi connectivity index (χ2v) is 6.63. The third kappa shape index (κ3) is 1.67. The highest BCUT2D eigenvalue weighted by Gasteiger charge is 2.46. The van der Waals surface area contributed by atoms with Gasteiger partial charge in [-0.15, -0.1) is 0 Å². The van der Waals surface area contributed by atoms with Gasteiger partial charge in [0.2, 0.25) is 5.91 Å². The lowest BCUT2D eigenvalue weighted by molar-refractivity contribution is -0.119. The molecule has 3 aliphatic heterocycles. The Bertz CT molecular complexity index is 639. The lowest BCUT2D eigenvalue weighted by atomic mass is 9.84. The maximum atomic E-state index is 12.7. The summed E-state index contributed by atoms with van der Waals surface area (Å²) in [6, 6.07) is 5.94. The molecule has 2 bridgehead atoms. The van der Waals surface area contributed by atoms with Gasteiger partial charge in [-0.1, -0.05) is 0 Å². The summed E-state index contributed by atoms with van der Waals surface area (Å²) in [5.74, 6) is 0.0359. The van der Waals surface area contributed by atoms with E-state index in [1.807, 2.05) is 30.9 Å². The fraction of sp³-hybridized carbons (Fsp3) is 0.500. The largest absolute Gasteiger partial charge is 0.377 e. The van der Waals surface area contributed by atoms with Gasteiger partial charge in [-0.05, 0) is 44.0 Å². The maximum Gasteiger partial charge on any atom is 0.254 e. The normalized spacial score (nSPS) is 28.7. The number of nitrogens with one attached hydrogen (secondary N) is 1. The molecule has 0 aliphatic carbocycles. The highest BCUT2D eigenvalue weighted by molar-refractivity contribution is 6.07. The van der Waals surface area contributed by atoms with E-state index in [1.54, 1.807) is 6.07 Å². The fourth-order valence-corrected chi connectivity index (χ4v) is 3.52. The predicted octanol–water partition coefficient (Wildman–Crippen LogP) is 1.53. The van der Waals surface area contributed by atoms with Crippen LogP contribution in [0.2, 0.25) is 0 Å². The first-order valence-corrected chi connectivity index (χ1v) is 7.35. The number of hydrogen-bond acceptors (Lipinski definition) is 3. The van der Waals surface area contributed by atoms with Gasteiger partial charge in [0.1, 0.15) is 0 Å². The molecule has 1 N–H and O–H groups in total. The number of carbonyl (C=O) groups is 2. The predicted molar refractivity (Wildman–Crippen MR) is 77.3 cm³/mol. The molecule has 1 aromatic carbocycles. The van der Waals surface area contributed by atoms with Crippen molar-refractivity contribution >= 4 is 17.5 Å². The molecule has 5 nitrogen and oxygen atoms in total. The molecule has 21 heavy (non-hydrogen) atoms. The SMILES string of the molecule is CC1(C)C(=O)Nc2ccc(C(=O)N3C4COCC3C4)cc21. The summed E-state index contributed by atoms with van der Waals surface area (Å²) >= 11 is 0. The summed E-state index contributed by atoms with van der Waals surface area (Å²) < 4.78 is 5.42. The van der Waals surface area contributed by atoms with Crippen LogP contribution in [0.15, 0.2) is 18.2 Å². The number of anilines is 1. The Morgan fingerprint density at radius 2 is 2.05 bits per heavy atom. The van der Waals surface area contributed by atoms with E-state index in [-0.39, 0.29) is 23.9 Å². The Hall–Kier alpha value is -1.88. The molecule has 1 aromatic rings. The van der Waals surface area contributed by atoms with E-state index in [0.717, 1.165) is 17.7 Å². The molecule has 2 atom stereocenters. The number of fused-ring (bicyclic) bond motifs is 3. The number of carbonyl (C=O) groups excluding carboxylic acids is 2. The first-order chi connectivity index (χ1) is 9.98. The first-order valence-electron chi connectivity index (χ1n) is 7.35. The van der Waals surface area contributed by atoms with Crippen molar-refractivity contribution in [2.24, 2.45) is 0 Å². The monoisotopic (exact) mass is 286 g/mol. The highest BCUT2D eigenvalue weighted by atomic mass is 16.5. The first kappa shape index (κ1) is 12.8. The fourth-order valence-electron chi connectivity index (χ4n) is 3.52. The van der Waals surface area contributed by atoms with E-state index in [9.17, 15) is 9.59 Å². The third-order valence-corrected chi connectivity index (χ3v) is 4.94. The summed E-state index contributed by atoms with van der Waals surface area (Å²) in [5, 5.41) is 2.87. The van der Waals surface area contributed by atoms with Crippen LogP contribution in [0.3, 0.4) is 0 Å². The summed E-state index contributed by atoms with van der Waals surface area (Å²) in [4.78, 5) is 26.6. The van der Waals surface area contributed by atoms with Crippen LogP contribution in [0.1, 0.15) is 36.2 Å². The number of hydrogen-bond donors (Lipinski definition) is 1. The molecule has 4 rings (SSSR count). The Morgan fingerprint density at radius 3 is 2.71 bits per heavy atom. The van der Waals surface area contributed by atoms with Crippen LogP contribution in [0.4, 0.5) is 5.69 Å². The Kier molecular flexibility index (Phi) is 2.49. The zero-order chi connectivity index (χ0) is 14.8. The van der Waals surface area contributed by atoms with Crippen molar-refractivity contribution in [1.29, 1.82) is 0 Å². The minimum Gasteiger partial charge on any atom is -0.377 e. The van der Waals surface area contributed by atoms with Gasteiger partial charge in [0.15, 0.2) is 0 Å². The average molecular weight is 286 g/mol. The summed E-state index contributed by atoms with van der Waals surface area (Å²) in [7, 11) is 0. The van der Waals surface area contributed by atoms with E-state index >= 15 is 0 Å². The molecule has 3 aliphatic rings. The minimum absolute atomic E-state index is 0.0173. The topological polar surface area (TPSA) is 58.6 Å². The second-order valence-electron chi connectivity index (χ2n) is 6.63. The number of nitrogens with zero attached hydrogens (tertiary/aromatic N) is 1. The standard InChI is InChI=1S/C16H18N2O3/c1-16(2)12-5-9(3-4-13(12)17-15(16)20)14(19)18-10-6-11(18)8-21-7-10/h3-5,10-11H,6-8H2,1-2H3,(H,17,20). The van der Waals surface area contributed by atoms with E-state index < -0.39 is 5.41 Å². The summed E-state index contributed by atoms with van der Waals surface area (Å²) in [6.45, 7) is 5.04. The van der Waals surface area contributed by atoms with Crippen molar-refractivity contribution in [3.63, 3.8) is 0 Å². The summed E-state index contributed by atoms with van der Waals surface area (Å²) in [6.07, 6.45) is 1.04. The van der Waals surface area contributed by atoms with Crippen molar-refractivity contribution in [2.75, 3.05) is 18.5 Å². The van der Waals surface area contributed by atoms with E-state index in [0.29, 0.717) is 18.8 Å². The van der Waals surface area contributed by atoms with Crippen LogP contribution < -0.4 is 5.32 Å². The smallest absolute Gasteiger partial charge is 0.254 e. The lowest BCUT2D eigenvalue weighted by Gasteiger charge is -2.52. The molecule has 2 fully saturated rings. The molecule has 2 amide bonds. The van der Waals surface area contributed by atoms with E-state index in [1.165, 1.54) is 0 Å². The number of amides is 2. The number of ether oxygens (including phenoxy) is 1. The van der Waals surface area contributed by atoms with Gasteiger partial charge in [0.25, 0.3) is 5.91 Å². The Labute approximate surface area is 123 Å². The quantitative estimate of drug-likeness (QED) is 0.851. The van der Waals surface area contributed by atoms with Gasteiger partial charge in [-0.3, -0.25) is 9.59 Å². The van der Waals surface area contributed by atoms with Gasteiger partial charge in [0.05, 0.1) is 30.7 Å². The van der Waals surface area contributed by atoms with Gasteiger partial charge < -0.3 is 15.0 Å². The molecular formula is C16H18N2O3. The Balaban J connectivity index is 1.67. The number of rotatable bonds is 1. The molecular weight excluding hydrogens is 268 g/mol. The molecule has 0 aromatic heterocycles. The van der Waals surface area contributed by atoms with Crippen molar-refractivity contribution in [3.05, 3.63) is 29.3 Å². The highest BCUT2D eigenvalue weighted by Crippen LogP contribution is 2.39. The zero-order valence-electron chi connectivity index (χ0n) is 12.2. The number of morpholine rings is 1. The molecule has 5 heteroatoms. The lowest BCUT2D eigenvalue weighted by Crippen LogP contribution is -2.65.